The van der Waals surface area contributed by atoms with Gasteiger partial charge in [-0.05, 0) is 12.5 Å². The normalized spacial score (nSPS) is 16.6. The number of rotatable bonds is 3. The number of nitrogens with two attached hydrogens (primary N) is 1. The van der Waals surface area contributed by atoms with Crippen molar-refractivity contribution in [3.63, 3.8) is 0 Å². The summed E-state index contributed by atoms with van der Waals surface area (Å²) in [6, 6.07) is 3.72. The highest BCUT2D eigenvalue weighted by Crippen LogP contribution is 2.31. The summed E-state index contributed by atoms with van der Waals surface area (Å²) >= 11 is 1.43. The first-order valence-corrected chi connectivity index (χ1v) is 8.85. The van der Waals surface area contributed by atoms with E-state index in [9.17, 15) is 9.65 Å². The van der Waals surface area contributed by atoms with E-state index in [1.165, 1.54) is 17.5 Å². The van der Waals surface area contributed by atoms with Crippen LogP contribution >= 0.6 is 11.3 Å². The number of alkyl halides is 1. The molecule has 1 atom stereocenters. The number of nitrogens with zero attached hydrogens (tertiary/aromatic N) is 6. The Balaban J connectivity index is 1.81. The molecule has 26 heavy (non-hydrogen) atoms. The Bertz CT molecular complexity index is 983. The van der Waals surface area contributed by atoms with Crippen LogP contribution in [0, 0.1) is 11.3 Å². The number of anilines is 2. The Morgan fingerprint density at radius 1 is 1.31 bits per heavy atom. The number of hydrogen-bond donors (Lipinski definition) is 1. The average molecular weight is 367 g/mol. The number of halogens is 1. The summed E-state index contributed by atoms with van der Waals surface area (Å²) in [4.78, 5) is 19.4. The molecule has 130 valence electrons. The van der Waals surface area contributed by atoms with Crippen LogP contribution in [0.4, 0.5) is 15.9 Å². The van der Waals surface area contributed by atoms with Gasteiger partial charge >= 0.3 is 0 Å². The van der Waals surface area contributed by atoms with E-state index in [-0.39, 0.29) is 12.1 Å². The minimum Gasteiger partial charge on any atom is -0.398 e. The molecule has 9 heteroatoms. The molecule has 0 unspecified atom stereocenters. The summed E-state index contributed by atoms with van der Waals surface area (Å²) in [5, 5.41) is 12.0. The number of thiazole rings is 1. The van der Waals surface area contributed by atoms with Crippen molar-refractivity contribution in [1.82, 2.24) is 19.9 Å². The summed E-state index contributed by atoms with van der Waals surface area (Å²) in [7, 11) is 0. The number of aromatic nitrogens is 4. The molecule has 1 aliphatic heterocycles. The Hall–Kier alpha value is -3.12. The van der Waals surface area contributed by atoms with Gasteiger partial charge in [-0.25, -0.2) is 19.3 Å². The molecule has 4 rings (SSSR count). The summed E-state index contributed by atoms with van der Waals surface area (Å²) in [6.45, 7) is 0.872. The standard InChI is InChI=1S/C17H14FN7S/c18-10-1-3-25(9-10)15-8-21-7-14(23-15)16-11(6-19)12(20)5-13(24-16)17-22-2-4-26-17/h2,4-5,7-8,10H,1,3,9H2,(H2,20,24)/t10-/m1/s1. The molecule has 0 aromatic carbocycles. The van der Waals surface area contributed by atoms with Gasteiger partial charge < -0.3 is 10.6 Å². The molecule has 1 aliphatic rings. The van der Waals surface area contributed by atoms with Gasteiger partial charge in [0.2, 0.25) is 0 Å². The predicted molar refractivity (Wildman–Crippen MR) is 97.2 cm³/mol. The van der Waals surface area contributed by atoms with Crippen molar-refractivity contribution in [2.75, 3.05) is 23.7 Å². The second-order valence-corrected chi connectivity index (χ2v) is 6.76. The van der Waals surface area contributed by atoms with E-state index < -0.39 is 6.17 Å². The molecule has 0 amide bonds. The van der Waals surface area contributed by atoms with E-state index in [0.717, 1.165) is 0 Å². The maximum absolute atomic E-state index is 13.5. The van der Waals surface area contributed by atoms with E-state index in [1.807, 2.05) is 10.3 Å². The third-order valence-electron chi connectivity index (χ3n) is 4.13. The third kappa shape index (κ3) is 2.95. The SMILES string of the molecule is N#Cc1c(N)cc(-c2nccs2)nc1-c1cncc(N2CC[C@@H](F)C2)n1. The minimum absolute atomic E-state index is 0.238. The third-order valence-corrected chi connectivity index (χ3v) is 4.93. The molecule has 3 aromatic rings. The van der Waals surface area contributed by atoms with Gasteiger partial charge in [-0.1, -0.05) is 0 Å². The Morgan fingerprint density at radius 3 is 2.88 bits per heavy atom. The summed E-state index contributed by atoms with van der Waals surface area (Å²) < 4.78 is 13.5. The highest BCUT2D eigenvalue weighted by Gasteiger charge is 2.24. The molecule has 7 nitrogen and oxygen atoms in total. The average Bonchev–Trinajstić information content (AvgIpc) is 3.33. The van der Waals surface area contributed by atoms with E-state index in [1.54, 1.807) is 18.5 Å². The van der Waals surface area contributed by atoms with Crippen LogP contribution in [0.15, 0.2) is 30.0 Å². The van der Waals surface area contributed by atoms with E-state index >= 15 is 0 Å². The number of hydrogen-bond acceptors (Lipinski definition) is 8. The Morgan fingerprint density at radius 2 is 2.19 bits per heavy atom. The fourth-order valence-electron chi connectivity index (χ4n) is 2.87. The van der Waals surface area contributed by atoms with Gasteiger partial charge in [0.05, 0.1) is 24.6 Å². The van der Waals surface area contributed by atoms with Crippen molar-refractivity contribution < 1.29 is 4.39 Å². The fraction of sp³-hybridized carbons (Fsp3) is 0.235. The van der Waals surface area contributed by atoms with Crippen molar-refractivity contribution in [1.29, 1.82) is 5.26 Å². The van der Waals surface area contributed by atoms with Crippen LogP contribution < -0.4 is 10.6 Å². The first-order valence-electron chi connectivity index (χ1n) is 7.97. The van der Waals surface area contributed by atoms with Crippen LogP contribution in [-0.4, -0.2) is 39.2 Å². The summed E-state index contributed by atoms with van der Waals surface area (Å²) in [5.74, 6) is 0.562. The molecule has 0 bridgehead atoms. The quantitative estimate of drug-likeness (QED) is 0.759. The van der Waals surface area contributed by atoms with Gasteiger partial charge in [-0.2, -0.15) is 5.26 Å². The van der Waals surface area contributed by atoms with Crippen molar-refractivity contribution in [3.05, 3.63) is 35.6 Å². The number of pyridine rings is 1. The highest BCUT2D eigenvalue weighted by atomic mass is 32.1. The van der Waals surface area contributed by atoms with Crippen molar-refractivity contribution in [2.24, 2.45) is 0 Å². The predicted octanol–water partition coefficient (Wildman–Crippen LogP) is 2.66. The Kier molecular flexibility index (Phi) is 4.18. The molecule has 0 radical (unpaired) electrons. The topological polar surface area (TPSA) is 105 Å². The zero-order valence-electron chi connectivity index (χ0n) is 13.6. The Labute approximate surface area is 153 Å². The van der Waals surface area contributed by atoms with Gasteiger partial charge in [-0.3, -0.25) is 4.98 Å². The lowest BCUT2D eigenvalue weighted by atomic mass is 10.1. The molecule has 3 aromatic heterocycles. The van der Waals surface area contributed by atoms with Gasteiger partial charge in [0, 0.05) is 18.1 Å². The second-order valence-electron chi connectivity index (χ2n) is 5.86. The maximum Gasteiger partial charge on any atom is 0.147 e. The van der Waals surface area contributed by atoms with Crippen LogP contribution in [-0.2, 0) is 0 Å². The number of nitriles is 1. The van der Waals surface area contributed by atoms with Gasteiger partial charge in [0.25, 0.3) is 0 Å². The van der Waals surface area contributed by atoms with Crippen LogP contribution in [0.2, 0.25) is 0 Å². The van der Waals surface area contributed by atoms with E-state index in [2.05, 4.69) is 26.0 Å². The van der Waals surface area contributed by atoms with E-state index in [4.69, 9.17) is 5.73 Å². The maximum atomic E-state index is 13.5. The zero-order valence-corrected chi connectivity index (χ0v) is 14.4. The lowest BCUT2D eigenvalue weighted by Crippen LogP contribution is -2.21. The lowest BCUT2D eigenvalue weighted by molar-refractivity contribution is 0.364. The monoisotopic (exact) mass is 367 g/mol. The lowest BCUT2D eigenvalue weighted by Gasteiger charge is -2.16. The molecule has 0 saturated carbocycles. The van der Waals surface area contributed by atoms with Gasteiger partial charge in [-0.15, -0.1) is 11.3 Å². The molecular formula is C17H14FN7S. The molecule has 2 N–H and O–H groups in total. The molecule has 1 saturated heterocycles. The van der Waals surface area contributed by atoms with Crippen molar-refractivity contribution in [3.8, 4) is 28.2 Å². The second kappa shape index (κ2) is 6.65. The number of nitrogen functional groups attached to an aromatic ring is 1. The first kappa shape index (κ1) is 16.4. The van der Waals surface area contributed by atoms with Crippen LogP contribution in [0.25, 0.3) is 22.1 Å². The molecular weight excluding hydrogens is 353 g/mol. The highest BCUT2D eigenvalue weighted by molar-refractivity contribution is 7.13. The largest absolute Gasteiger partial charge is 0.398 e. The first-order chi connectivity index (χ1) is 12.7. The van der Waals surface area contributed by atoms with Crippen molar-refractivity contribution in [2.45, 2.75) is 12.6 Å². The van der Waals surface area contributed by atoms with Crippen LogP contribution in [0.3, 0.4) is 0 Å². The molecule has 1 fully saturated rings. The summed E-state index contributed by atoms with van der Waals surface area (Å²) in [5.41, 5.74) is 7.95. The van der Waals surface area contributed by atoms with Crippen LogP contribution in [0.5, 0.6) is 0 Å². The molecule has 0 spiro atoms. The van der Waals surface area contributed by atoms with Gasteiger partial charge in [0.1, 0.15) is 45.7 Å². The van der Waals surface area contributed by atoms with E-state index in [0.29, 0.717) is 46.6 Å². The van der Waals surface area contributed by atoms with Crippen LogP contribution in [0.1, 0.15) is 12.0 Å². The smallest absolute Gasteiger partial charge is 0.147 e. The zero-order chi connectivity index (χ0) is 18.1. The molecule has 0 aliphatic carbocycles. The summed E-state index contributed by atoms with van der Waals surface area (Å²) in [6.07, 6.45) is 4.40. The minimum atomic E-state index is -0.864. The molecule has 4 heterocycles. The van der Waals surface area contributed by atoms with Crippen molar-refractivity contribution >= 4 is 22.8 Å². The van der Waals surface area contributed by atoms with Gasteiger partial charge in [0.15, 0.2) is 0 Å². The fourth-order valence-corrected chi connectivity index (χ4v) is 3.47.